The minimum Gasteiger partial charge on any atom is -0.351 e. The molecule has 0 saturated carbocycles. The van der Waals surface area contributed by atoms with E-state index in [1.807, 2.05) is 0 Å². The highest BCUT2D eigenvalue weighted by atomic mass is 79.9. The predicted molar refractivity (Wildman–Crippen MR) is 75.5 cm³/mol. The van der Waals surface area contributed by atoms with Gasteiger partial charge in [-0.25, -0.2) is 4.39 Å². The van der Waals surface area contributed by atoms with Crippen LogP contribution in [0.4, 0.5) is 4.39 Å². The average Bonchev–Trinajstić information content (AvgIpc) is 2.38. The Morgan fingerprint density at radius 3 is 2.33 bits per heavy atom. The van der Waals surface area contributed by atoms with Gasteiger partial charge in [0.1, 0.15) is 5.82 Å². The second kappa shape index (κ2) is 7.52. The molecule has 1 rings (SSSR count). The van der Waals surface area contributed by atoms with Gasteiger partial charge in [-0.05, 0) is 30.2 Å². The second-order valence-corrected chi connectivity index (χ2v) is 5.49. The van der Waals surface area contributed by atoms with E-state index in [-0.39, 0.29) is 16.6 Å². The fourth-order valence-electron chi connectivity index (χ4n) is 1.86. The molecule has 0 bridgehead atoms. The van der Waals surface area contributed by atoms with Gasteiger partial charge in [-0.15, -0.1) is 0 Å². The first-order chi connectivity index (χ1) is 8.58. The Balaban J connectivity index is 2.48. The number of carbonyl (C=O) groups excluding carboxylic acids is 1. The first-order valence-corrected chi connectivity index (χ1v) is 7.17. The third-order valence-electron chi connectivity index (χ3n) is 3.12. The SMILES string of the molecule is CCC(CC)C(Br)CNC(=O)c1ccc(F)cc1. The molecule has 1 atom stereocenters. The van der Waals surface area contributed by atoms with Crippen LogP contribution in [-0.4, -0.2) is 17.3 Å². The molecule has 0 radical (unpaired) electrons. The number of nitrogens with one attached hydrogen (secondary N) is 1. The molecular weight excluding hydrogens is 297 g/mol. The maximum absolute atomic E-state index is 12.7. The van der Waals surface area contributed by atoms with Gasteiger partial charge < -0.3 is 5.32 Å². The Morgan fingerprint density at radius 2 is 1.83 bits per heavy atom. The minimum atomic E-state index is -0.332. The number of amides is 1. The van der Waals surface area contributed by atoms with Crippen LogP contribution >= 0.6 is 15.9 Å². The number of benzene rings is 1. The monoisotopic (exact) mass is 315 g/mol. The Labute approximate surface area is 116 Å². The van der Waals surface area contributed by atoms with Crippen molar-refractivity contribution >= 4 is 21.8 Å². The van der Waals surface area contributed by atoms with Crippen LogP contribution in [0, 0.1) is 11.7 Å². The van der Waals surface area contributed by atoms with Gasteiger partial charge in [0.25, 0.3) is 5.91 Å². The third kappa shape index (κ3) is 4.41. The Hall–Kier alpha value is -0.900. The van der Waals surface area contributed by atoms with Crippen molar-refractivity contribution < 1.29 is 9.18 Å². The van der Waals surface area contributed by atoms with Gasteiger partial charge >= 0.3 is 0 Å². The Morgan fingerprint density at radius 1 is 1.28 bits per heavy atom. The summed E-state index contributed by atoms with van der Waals surface area (Å²) >= 11 is 3.60. The molecule has 1 unspecified atom stereocenters. The first-order valence-electron chi connectivity index (χ1n) is 6.26. The maximum Gasteiger partial charge on any atom is 0.251 e. The number of alkyl halides is 1. The summed E-state index contributed by atoms with van der Waals surface area (Å²) in [7, 11) is 0. The maximum atomic E-state index is 12.7. The van der Waals surface area contributed by atoms with Crippen molar-refractivity contribution in [3.05, 3.63) is 35.6 Å². The zero-order valence-electron chi connectivity index (χ0n) is 10.7. The molecule has 18 heavy (non-hydrogen) atoms. The van der Waals surface area contributed by atoms with E-state index in [4.69, 9.17) is 0 Å². The van der Waals surface area contributed by atoms with Crippen LogP contribution in [0.15, 0.2) is 24.3 Å². The standard InChI is InChI=1S/C14H19BrFNO/c1-3-10(4-2)13(15)9-17-14(18)11-5-7-12(16)8-6-11/h5-8,10,13H,3-4,9H2,1-2H3,(H,17,18). The quantitative estimate of drug-likeness (QED) is 0.796. The van der Waals surface area contributed by atoms with E-state index >= 15 is 0 Å². The van der Waals surface area contributed by atoms with Crippen molar-refractivity contribution in [2.75, 3.05) is 6.54 Å². The van der Waals surface area contributed by atoms with Crippen LogP contribution in [0.5, 0.6) is 0 Å². The predicted octanol–water partition coefficient (Wildman–Crippen LogP) is 3.76. The van der Waals surface area contributed by atoms with Crippen LogP contribution < -0.4 is 5.32 Å². The molecule has 100 valence electrons. The average molecular weight is 316 g/mol. The van der Waals surface area contributed by atoms with E-state index in [0.29, 0.717) is 18.0 Å². The van der Waals surface area contributed by atoms with Crippen molar-refractivity contribution in [1.82, 2.24) is 5.32 Å². The van der Waals surface area contributed by atoms with Crippen LogP contribution in [0.1, 0.15) is 37.0 Å². The van der Waals surface area contributed by atoms with Crippen LogP contribution in [0.3, 0.4) is 0 Å². The van der Waals surface area contributed by atoms with E-state index in [1.165, 1.54) is 24.3 Å². The lowest BCUT2D eigenvalue weighted by Crippen LogP contribution is -2.32. The molecule has 1 N–H and O–H groups in total. The molecule has 0 aliphatic heterocycles. The molecule has 0 saturated heterocycles. The molecule has 4 heteroatoms. The normalized spacial score (nSPS) is 12.5. The summed E-state index contributed by atoms with van der Waals surface area (Å²) in [6.07, 6.45) is 2.16. The topological polar surface area (TPSA) is 29.1 Å². The van der Waals surface area contributed by atoms with Crippen molar-refractivity contribution in [3.63, 3.8) is 0 Å². The number of hydrogen-bond acceptors (Lipinski definition) is 1. The Kier molecular flexibility index (Phi) is 6.33. The van der Waals surface area contributed by atoms with E-state index in [2.05, 4.69) is 35.1 Å². The van der Waals surface area contributed by atoms with Gasteiger partial charge in [0, 0.05) is 16.9 Å². The van der Waals surface area contributed by atoms with Crippen LogP contribution in [0.2, 0.25) is 0 Å². The fraction of sp³-hybridized carbons (Fsp3) is 0.500. The molecule has 0 aliphatic rings. The summed E-state index contributed by atoms with van der Waals surface area (Å²) in [5.74, 6) is 0.0610. The lowest BCUT2D eigenvalue weighted by atomic mass is 9.99. The molecule has 0 aliphatic carbocycles. The van der Waals surface area contributed by atoms with Crippen LogP contribution in [0.25, 0.3) is 0 Å². The van der Waals surface area contributed by atoms with Gasteiger partial charge in [0.05, 0.1) is 0 Å². The summed E-state index contributed by atoms with van der Waals surface area (Å²) in [5, 5.41) is 2.86. The number of halogens is 2. The van der Waals surface area contributed by atoms with Crippen molar-refractivity contribution in [1.29, 1.82) is 0 Å². The zero-order chi connectivity index (χ0) is 13.5. The molecule has 0 spiro atoms. The highest BCUT2D eigenvalue weighted by Gasteiger charge is 2.16. The molecule has 0 aromatic heterocycles. The third-order valence-corrected chi connectivity index (χ3v) is 4.20. The van der Waals surface area contributed by atoms with Gasteiger partial charge in [0.15, 0.2) is 0 Å². The summed E-state index contributed by atoms with van der Waals surface area (Å²) in [5.41, 5.74) is 0.487. The van der Waals surface area contributed by atoms with E-state index < -0.39 is 0 Å². The number of hydrogen-bond donors (Lipinski definition) is 1. The van der Waals surface area contributed by atoms with Gasteiger partial charge in [0.2, 0.25) is 0 Å². The molecule has 0 fully saturated rings. The summed E-state index contributed by atoms with van der Waals surface area (Å²) in [6.45, 7) is 4.87. The molecule has 0 heterocycles. The van der Waals surface area contributed by atoms with Crippen molar-refractivity contribution in [2.45, 2.75) is 31.5 Å². The van der Waals surface area contributed by atoms with Crippen LogP contribution in [-0.2, 0) is 0 Å². The Bertz CT molecular complexity index is 376. The highest BCUT2D eigenvalue weighted by molar-refractivity contribution is 9.09. The molecule has 1 aromatic carbocycles. The highest BCUT2D eigenvalue weighted by Crippen LogP contribution is 2.19. The minimum absolute atomic E-state index is 0.162. The summed E-state index contributed by atoms with van der Waals surface area (Å²) in [4.78, 5) is 12.1. The number of rotatable bonds is 6. The molecular formula is C14H19BrFNO. The zero-order valence-corrected chi connectivity index (χ0v) is 12.3. The van der Waals surface area contributed by atoms with Gasteiger partial charge in [-0.3, -0.25) is 4.79 Å². The van der Waals surface area contributed by atoms with Crippen molar-refractivity contribution in [2.24, 2.45) is 5.92 Å². The molecule has 1 aromatic rings. The second-order valence-electron chi connectivity index (χ2n) is 4.31. The lowest BCUT2D eigenvalue weighted by Gasteiger charge is -2.19. The lowest BCUT2D eigenvalue weighted by molar-refractivity contribution is 0.0952. The van der Waals surface area contributed by atoms with E-state index in [9.17, 15) is 9.18 Å². The van der Waals surface area contributed by atoms with Gasteiger partial charge in [-0.1, -0.05) is 42.6 Å². The van der Waals surface area contributed by atoms with E-state index in [1.54, 1.807) is 0 Å². The smallest absolute Gasteiger partial charge is 0.251 e. The van der Waals surface area contributed by atoms with Gasteiger partial charge in [-0.2, -0.15) is 0 Å². The molecule has 1 amide bonds. The summed E-state index contributed by atoms with van der Waals surface area (Å²) < 4.78 is 12.7. The fourth-order valence-corrected chi connectivity index (χ4v) is 2.77. The molecule has 2 nitrogen and oxygen atoms in total. The first kappa shape index (κ1) is 15.2. The largest absolute Gasteiger partial charge is 0.351 e. The number of carbonyl (C=O) groups is 1. The summed E-state index contributed by atoms with van der Waals surface area (Å²) in [6, 6.07) is 5.57. The van der Waals surface area contributed by atoms with Crippen molar-refractivity contribution in [3.8, 4) is 0 Å². The van der Waals surface area contributed by atoms with E-state index in [0.717, 1.165) is 12.8 Å².